The highest BCUT2D eigenvalue weighted by Gasteiger charge is 2.40. The minimum atomic E-state index is -4.43. The summed E-state index contributed by atoms with van der Waals surface area (Å²) in [5, 5.41) is 0. The zero-order valence-electron chi connectivity index (χ0n) is 15.7. The first kappa shape index (κ1) is 20.9. The Balaban J connectivity index is 1.67. The van der Waals surface area contributed by atoms with Crippen LogP contribution in [-0.2, 0) is 11.3 Å². The Morgan fingerprint density at radius 1 is 0.897 bits per heavy atom. The number of benzene rings is 3. The quantitative estimate of drug-likeness (QED) is 0.404. The average Bonchev–Trinajstić information content (AvgIpc) is 2.68. The third kappa shape index (κ3) is 5.81. The van der Waals surface area contributed by atoms with Crippen LogP contribution in [0.2, 0.25) is 0 Å². The van der Waals surface area contributed by atoms with E-state index < -0.39 is 24.5 Å². The second-order valence-corrected chi connectivity index (χ2v) is 6.70. The number of halogens is 4. The van der Waals surface area contributed by atoms with Gasteiger partial charge in [-0.05, 0) is 42.3 Å². The van der Waals surface area contributed by atoms with Crippen molar-refractivity contribution in [1.82, 2.24) is 0 Å². The minimum absolute atomic E-state index is 0.0109. The highest BCUT2D eigenvalue weighted by Crippen LogP contribution is 2.35. The molecule has 0 fully saturated rings. The van der Waals surface area contributed by atoms with Gasteiger partial charge in [-0.2, -0.15) is 13.2 Å². The largest absolute Gasteiger partial charge is 0.454 e. The van der Waals surface area contributed by atoms with Crippen molar-refractivity contribution in [2.75, 3.05) is 6.61 Å². The molecule has 152 valence electrons. The van der Waals surface area contributed by atoms with Crippen LogP contribution >= 0.6 is 0 Å². The summed E-state index contributed by atoms with van der Waals surface area (Å²) in [7, 11) is 0. The topological polar surface area (TPSA) is 18.5 Å². The van der Waals surface area contributed by atoms with E-state index in [4.69, 9.17) is 9.47 Å². The molecule has 0 spiro atoms. The van der Waals surface area contributed by atoms with E-state index in [0.717, 1.165) is 5.56 Å². The number of rotatable bonds is 7. The molecule has 6 heteroatoms. The van der Waals surface area contributed by atoms with Crippen molar-refractivity contribution >= 4 is 0 Å². The van der Waals surface area contributed by atoms with Gasteiger partial charge in [0.25, 0.3) is 0 Å². The number of alkyl halides is 3. The number of ether oxygens (including phenoxy) is 2. The highest BCUT2D eigenvalue weighted by molar-refractivity contribution is 5.35. The molecule has 0 heterocycles. The molecule has 29 heavy (non-hydrogen) atoms. The molecule has 3 aromatic rings. The number of aryl methyl sites for hydroxylation is 1. The molecule has 0 aliphatic rings. The number of hydrogen-bond acceptors (Lipinski definition) is 2. The molecule has 3 aromatic carbocycles. The smallest absolute Gasteiger partial charge is 0.397 e. The zero-order chi connectivity index (χ0) is 20.9. The lowest BCUT2D eigenvalue weighted by atomic mass is 9.98. The lowest BCUT2D eigenvalue weighted by Crippen LogP contribution is -2.25. The Kier molecular flexibility index (Phi) is 6.54. The van der Waals surface area contributed by atoms with Crippen LogP contribution in [0, 0.1) is 12.7 Å². The van der Waals surface area contributed by atoms with E-state index in [9.17, 15) is 17.6 Å². The predicted octanol–water partition coefficient (Wildman–Crippen LogP) is 6.79. The monoisotopic (exact) mass is 404 g/mol. The predicted molar refractivity (Wildman–Crippen MR) is 103 cm³/mol. The van der Waals surface area contributed by atoms with E-state index in [0.29, 0.717) is 11.3 Å². The van der Waals surface area contributed by atoms with Crippen LogP contribution in [0.15, 0.2) is 72.8 Å². The molecule has 0 radical (unpaired) electrons. The van der Waals surface area contributed by atoms with Crippen molar-refractivity contribution in [3.63, 3.8) is 0 Å². The molecule has 0 aromatic heterocycles. The first-order valence-corrected chi connectivity index (χ1v) is 9.05. The van der Waals surface area contributed by atoms with E-state index in [1.807, 2.05) is 6.92 Å². The van der Waals surface area contributed by atoms with Gasteiger partial charge in [-0.15, -0.1) is 0 Å². The standard InChI is InChI=1S/C23H20F4O2/c1-16-7-10-18(11-8-16)20(23(25,26)27)15-28-14-17-9-12-21(24)22(13-17)29-19-5-3-2-4-6-19/h2-13,20H,14-15H2,1H3. The van der Waals surface area contributed by atoms with Crippen molar-refractivity contribution in [2.45, 2.75) is 25.6 Å². The fourth-order valence-corrected chi connectivity index (χ4v) is 2.80. The van der Waals surface area contributed by atoms with Crippen molar-refractivity contribution in [2.24, 2.45) is 0 Å². The first-order chi connectivity index (χ1) is 13.8. The summed E-state index contributed by atoms with van der Waals surface area (Å²) in [4.78, 5) is 0. The molecular formula is C23H20F4O2. The SMILES string of the molecule is Cc1ccc(C(COCc2ccc(F)c(Oc3ccccc3)c2)C(F)(F)F)cc1. The van der Waals surface area contributed by atoms with E-state index in [1.54, 1.807) is 42.5 Å². The van der Waals surface area contributed by atoms with Crippen molar-refractivity contribution in [3.05, 3.63) is 95.3 Å². The van der Waals surface area contributed by atoms with Crippen LogP contribution in [0.5, 0.6) is 11.5 Å². The third-order valence-corrected chi connectivity index (χ3v) is 4.39. The molecular weight excluding hydrogens is 384 g/mol. The number of para-hydroxylation sites is 1. The summed E-state index contributed by atoms with van der Waals surface area (Å²) in [5.74, 6) is -1.85. The van der Waals surface area contributed by atoms with Gasteiger partial charge in [0, 0.05) is 0 Å². The highest BCUT2D eigenvalue weighted by atomic mass is 19.4. The molecule has 0 N–H and O–H groups in total. The molecule has 0 aliphatic carbocycles. The van der Waals surface area contributed by atoms with Crippen LogP contribution < -0.4 is 4.74 Å². The molecule has 0 amide bonds. The molecule has 0 saturated heterocycles. The second kappa shape index (κ2) is 9.09. The molecule has 0 saturated carbocycles. The van der Waals surface area contributed by atoms with Crippen LogP contribution in [0.3, 0.4) is 0 Å². The van der Waals surface area contributed by atoms with Gasteiger partial charge in [0.2, 0.25) is 0 Å². The van der Waals surface area contributed by atoms with Gasteiger partial charge in [0.05, 0.1) is 13.2 Å². The number of hydrogen-bond donors (Lipinski definition) is 0. The molecule has 1 atom stereocenters. The average molecular weight is 404 g/mol. The molecule has 3 rings (SSSR count). The molecule has 0 aliphatic heterocycles. The lowest BCUT2D eigenvalue weighted by Gasteiger charge is -2.21. The molecule has 1 unspecified atom stereocenters. The normalized spacial score (nSPS) is 12.6. The summed E-state index contributed by atoms with van der Waals surface area (Å²) in [6, 6.07) is 19.0. The van der Waals surface area contributed by atoms with Crippen LogP contribution in [-0.4, -0.2) is 12.8 Å². The second-order valence-electron chi connectivity index (χ2n) is 6.70. The van der Waals surface area contributed by atoms with E-state index in [2.05, 4.69) is 0 Å². The van der Waals surface area contributed by atoms with Gasteiger partial charge in [-0.25, -0.2) is 4.39 Å². The van der Waals surface area contributed by atoms with Crippen molar-refractivity contribution in [1.29, 1.82) is 0 Å². The Morgan fingerprint density at radius 2 is 1.59 bits per heavy atom. The Labute approximate surface area is 166 Å². The first-order valence-electron chi connectivity index (χ1n) is 9.05. The van der Waals surface area contributed by atoms with Gasteiger partial charge >= 0.3 is 6.18 Å². The molecule has 0 bridgehead atoms. The van der Waals surface area contributed by atoms with Crippen molar-refractivity contribution in [3.8, 4) is 11.5 Å². The summed E-state index contributed by atoms with van der Waals surface area (Å²) in [5.41, 5.74) is 1.55. The van der Waals surface area contributed by atoms with E-state index in [1.165, 1.54) is 30.3 Å². The maximum absolute atomic E-state index is 14.0. The van der Waals surface area contributed by atoms with Gasteiger partial charge in [0.1, 0.15) is 11.7 Å². The maximum atomic E-state index is 14.0. The van der Waals surface area contributed by atoms with Crippen molar-refractivity contribution < 1.29 is 27.0 Å². The maximum Gasteiger partial charge on any atom is 0.397 e. The summed E-state index contributed by atoms with van der Waals surface area (Å²) < 4.78 is 65.2. The Bertz CT molecular complexity index is 922. The Morgan fingerprint density at radius 3 is 2.24 bits per heavy atom. The summed E-state index contributed by atoms with van der Waals surface area (Å²) in [6.45, 7) is 1.19. The molecule has 2 nitrogen and oxygen atoms in total. The fraction of sp³-hybridized carbons (Fsp3) is 0.217. The van der Waals surface area contributed by atoms with E-state index >= 15 is 0 Å². The van der Waals surface area contributed by atoms with Gasteiger partial charge in [0.15, 0.2) is 11.6 Å². The lowest BCUT2D eigenvalue weighted by molar-refractivity contribution is -0.163. The summed E-state index contributed by atoms with van der Waals surface area (Å²) in [6.07, 6.45) is -4.43. The van der Waals surface area contributed by atoms with Gasteiger partial charge in [-0.1, -0.05) is 54.1 Å². The van der Waals surface area contributed by atoms with Crippen LogP contribution in [0.4, 0.5) is 17.6 Å². The van der Waals surface area contributed by atoms with Gasteiger partial charge < -0.3 is 9.47 Å². The summed E-state index contributed by atoms with van der Waals surface area (Å²) >= 11 is 0. The fourth-order valence-electron chi connectivity index (χ4n) is 2.80. The van der Waals surface area contributed by atoms with Crippen LogP contribution in [0.1, 0.15) is 22.6 Å². The Hall–Kier alpha value is -2.86. The van der Waals surface area contributed by atoms with Crippen LogP contribution in [0.25, 0.3) is 0 Å². The van der Waals surface area contributed by atoms with Gasteiger partial charge in [-0.3, -0.25) is 0 Å². The van der Waals surface area contributed by atoms with E-state index in [-0.39, 0.29) is 17.9 Å². The minimum Gasteiger partial charge on any atom is -0.454 e. The third-order valence-electron chi connectivity index (χ3n) is 4.39. The zero-order valence-corrected chi connectivity index (χ0v) is 15.7.